The normalized spacial score (nSPS) is 20.4. The number of nitrogens with one attached hydrogen (secondary N) is 1. The lowest BCUT2D eigenvalue weighted by Gasteiger charge is -2.38. The number of benzene rings is 1. The van der Waals surface area contributed by atoms with Crippen molar-refractivity contribution < 1.29 is 9.13 Å². The summed E-state index contributed by atoms with van der Waals surface area (Å²) in [5.74, 6) is -0.120. The Hall–Kier alpha value is -0.970. The quantitative estimate of drug-likeness (QED) is 0.873. The molecule has 21 heavy (non-hydrogen) atoms. The van der Waals surface area contributed by atoms with E-state index in [0.29, 0.717) is 0 Å². The summed E-state index contributed by atoms with van der Waals surface area (Å²) < 4.78 is 19.7. The van der Waals surface area contributed by atoms with E-state index in [-0.39, 0.29) is 17.5 Å². The molecule has 118 valence electrons. The Kier molecular flexibility index (Phi) is 5.73. The van der Waals surface area contributed by atoms with Crippen molar-refractivity contribution in [1.29, 1.82) is 0 Å². The second kappa shape index (κ2) is 7.34. The molecule has 1 fully saturated rings. The predicted molar refractivity (Wildman–Crippen MR) is 83.9 cm³/mol. The molecule has 4 heteroatoms. The maximum atomic E-state index is 14.0. The van der Waals surface area contributed by atoms with Gasteiger partial charge in [0.15, 0.2) is 0 Å². The Balaban J connectivity index is 1.96. The van der Waals surface area contributed by atoms with E-state index >= 15 is 0 Å². The van der Waals surface area contributed by atoms with Crippen LogP contribution in [0.25, 0.3) is 0 Å². The smallest absolute Gasteiger partial charge is 0.127 e. The molecule has 2 rings (SSSR count). The van der Waals surface area contributed by atoms with Gasteiger partial charge in [-0.3, -0.25) is 4.90 Å². The highest BCUT2D eigenvalue weighted by Gasteiger charge is 2.27. The maximum Gasteiger partial charge on any atom is 0.127 e. The molecule has 1 aliphatic heterocycles. The fourth-order valence-corrected chi connectivity index (χ4v) is 2.99. The summed E-state index contributed by atoms with van der Waals surface area (Å²) in [6, 6.07) is 7.14. The first-order chi connectivity index (χ1) is 10.0. The molecule has 0 bridgehead atoms. The van der Waals surface area contributed by atoms with Crippen molar-refractivity contribution in [3.05, 3.63) is 35.6 Å². The van der Waals surface area contributed by atoms with Crippen molar-refractivity contribution in [1.82, 2.24) is 10.2 Å². The first-order valence-electron chi connectivity index (χ1n) is 7.86. The highest BCUT2D eigenvalue weighted by molar-refractivity contribution is 5.21. The lowest BCUT2D eigenvalue weighted by atomic mass is 10.0. The zero-order valence-corrected chi connectivity index (χ0v) is 13.4. The Bertz CT molecular complexity index is 450. The first-order valence-corrected chi connectivity index (χ1v) is 7.86. The number of ether oxygens (including phenoxy) is 1. The minimum atomic E-state index is -0.120. The molecule has 0 radical (unpaired) electrons. The van der Waals surface area contributed by atoms with Crippen LogP contribution in [-0.4, -0.2) is 43.3 Å². The number of hydrogen-bond acceptors (Lipinski definition) is 3. The van der Waals surface area contributed by atoms with E-state index in [1.165, 1.54) is 6.07 Å². The van der Waals surface area contributed by atoms with Gasteiger partial charge < -0.3 is 10.1 Å². The van der Waals surface area contributed by atoms with Gasteiger partial charge in [0.25, 0.3) is 0 Å². The number of rotatable bonds is 6. The van der Waals surface area contributed by atoms with Gasteiger partial charge in [-0.2, -0.15) is 0 Å². The van der Waals surface area contributed by atoms with Crippen molar-refractivity contribution in [3.63, 3.8) is 0 Å². The van der Waals surface area contributed by atoms with Crippen LogP contribution >= 0.6 is 0 Å². The summed E-state index contributed by atoms with van der Waals surface area (Å²) in [7, 11) is 0. The zero-order valence-electron chi connectivity index (χ0n) is 13.4. The van der Waals surface area contributed by atoms with E-state index in [0.717, 1.165) is 44.8 Å². The molecule has 1 heterocycles. The van der Waals surface area contributed by atoms with Crippen LogP contribution in [0, 0.1) is 5.82 Å². The SMILES string of the molecule is CCNC(CCN1CCOC(C)(C)C1)c1ccccc1F. The number of hydrogen-bond donors (Lipinski definition) is 1. The molecule has 0 saturated carbocycles. The summed E-state index contributed by atoms with van der Waals surface area (Å²) in [4.78, 5) is 2.41. The third kappa shape index (κ3) is 4.77. The van der Waals surface area contributed by atoms with Crippen LogP contribution in [0.3, 0.4) is 0 Å². The molecule has 3 nitrogen and oxygen atoms in total. The van der Waals surface area contributed by atoms with Gasteiger partial charge in [-0.25, -0.2) is 4.39 Å². The van der Waals surface area contributed by atoms with E-state index in [1.54, 1.807) is 6.07 Å². The second-order valence-electron chi connectivity index (χ2n) is 6.30. The molecule has 1 N–H and O–H groups in total. The summed E-state index contributed by atoms with van der Waals surface area (Å²) in [6.07, 6.45) is 0.908. The average molecular weight is 294 g/mol. The van der Waals surface area contributed by atoms with Gasteiger partial charge in [-0.15, -0.1) is 0 Å². The average Bonchev–Trinajstić information content (AvgIpc) is 2.43. The van der Waals surface area contributed by atoms with Crippen molar-refractivity contribution in [2.75, 3.05) is 32.8 Å². The standard InChI is InChI=1S/C17H27FN2O/c1-4-19-16(14-7-5-6-8-15(14)18)9-10-20-11-12-21-17(2,3)13-20/h5-8,16,19H,4,9-13H2,1-3H3. The molecular weight excluding hydrogens is 267 g/mol. The lowest BCUT2D eigenvalue weighted by molar-refractivity contribution is -0.0864. The molecule has 0 aromatic heterocycles. The van der Waals surface area contributed by atoms with Crippen LogP contribution in [0.4, 0.5) is 4.39 Å². The lowest BCUT2D eigenvalue weighted by Crippen LogP contribution is -2.48. The molecule has 1 atom stereocenters. The highest BCUT2D eigenvalue weighted by atomic mass is 19.1. The van der Waals surface area contributed by atoms with Crippen molar-refractivity contribution in [2.24, 2.45) is 0 Å². The van der Waals surface area contributed by atoms with Crippen molar-refractivity contribution in [2.45, 2.75) is 38.8 Å². The van der Waals surface area contributed by atoms with Crippen molar-refractivity contribution >= 4 is 0 Å². The number of halogens is 1. The summed E-state index contributed by atoms with van der Waals surface area (Å²) in [5, 5.41) is 3.40. The van der Waals surface area contributed by atoms with E-state index in [2.05, 4.69) is 31.0 Å². The minimum Gasteiger partial charge on any atom is -0.373 e. The Morgan fingerprint density at radius 3 is 2.81 bits per heavy atom. The molecular formula is C17H27FN2O. The van der Waals surface area contributed by atoms with Gasteiger partial charge in [0.2, 0.25) is 0 Å². The first kappa shape index (κ1) is 16.4. The number of morpholine rings is 1. The second-order valence-corrected chi connectivity index (χ2v) is 6.30. The summed E-state index contributed by atoms with van der Waals surface area (Å²) >= 11 is 0. The number of nitrogens with zero attached hydrogens (tertiary/aromatic N) is 1. The monoisotopic (exact) mass is 294 g/mol. The van der Waals surface area contributed by atoms with Gasteiger partial charge in [0, 0.05) is 31.2 Å². The van der Waals surface area contributed by atoms with Crippen LogP contribution in [0.15, 0.2) is 24.3 Å². The maximum absolute atomic E-state index is 14.0. The van der Waals surface area contributed by atoms with Crippen LogP contribution < -0.4 is 5.32 Å². The van der Waals surface area contributed by atoms with Crippen molar-refractivity contribution in [3.8, 4) is 0 Å². The predicted octanol–water partition coefficient (Wildman–Crippen LogP) is 2.98. The van der Waals surface area contributed by atoms with E-state index < -0.39 is 0 Å². The van der Waals surface area contributed by atoms with Gasteiger partial charge >= 0.3 is 0 Å². The van der Waals surface area contributed by atoms with E-state index in [1.807, 2.05) is 12.1 Å². The minimum absolute atomic E-state index is 0.0714. The van der Waals surface area contributed by atoms with E-state index in [4.69, 9.17) is 4.74 Å². The zero-order chi connectivity index (χ0) is 15.3. The van der Waals surface area contributed by atoms with Gasteiger partial charge in [0.05, 0.1) is 12.2 Å². The molecule has 1 saturated heterocycles. The summed E-state index contributed by atoms with van der Waals surface area (Å²) in [5.41, 5.74) is 0.691. The topological polar surface area (TPSA) is 24.5 Å². The van der Waals surface area contributed by atoms with Gasteiger partial charge in [-0.05, 0) is 32.9 Å². The fraction of sp³-hybridized carbons (Fsp3) is 0.647. The molecule has 1 aromatic rings. The van der Waals surface area contributed by atoms with Crippen LogP contribution in [-0.2, 0) is 4.74 Å². The summed E-state index contributed by atoms with van der Waals surface area (Å²) in [6.45, 7) is 10.8. The van der Waals surface area contributed by atoms with Crippen LogP contribution in [0.2, 0.25) is 0 Å². The molecule has 0 spiro atoms. The van der Waals surface area contributed by atoms with Gasteiger partial charge in [-0.1, -0.05) is 25.1 Å². The molecule has 1 unspecified atom stereocenters. The van der Waals surface area contributed by atoms with Crippen LogP contribution in [0.1, 0.15) is 38.8 Å². The van der Waals surface area contributed by atoms with Gasteiger partial charge in [0.1, 0.15) is 5.82 Å². The fourth-order valence-electron chi connectivity index (χ4n) is 2.99. The van der Waals surface area contributed by atoms with E-state index in [9.17, 15) is 4.39 Å². The Labute approximate surface area is 127 Å². The Morgan fingerprint density at radius 2 is 2.14 bits per heavy atom. The molecule has 1 aromatic carbocycles. The highest BCUT2D eigenvalue weighted by Crippen LogP contribution is 2.22. The third-order valence-electron chi connectivity index (χ3n) is 3.97. The largest absolute Gasteiger partial charge is 0.373 e. The molecule has 0 aliphatic carbocycles. The molecule has 1 aliphatic rings. The third-order valence-corrected chi connectivity index (χ3v) is 3.97. The molecule has 0 amide bonds. The Morgan fingerprint density at radius 1 is 1.38 bits per heavy atom. The van der Waals surface area contributed by atoms with Crippen LogP contribution in [0.5, 0.6) is 0 Å².